The molecule has 23 heavy (non-hydrogen) atoms. The van der Waals surface area contributed by atoms with Crippen molar-refractivity contribution in [2.24, 2.45) is 4.99 Å². The highest BCUT2D eigenvalue weighted by Gasteiger charge is 2.41. The molecular formula is C16H30N3O3S+. The lowest BCUT2D eigenvalue weighted by Crippen LogP contribution is -2.57. The number of hydrogen-bond donors (Lipinski definition) is 1. The second-order valence-corrected chi connectivity index (χ2v) is 8.15. The van der Waals surface area contributed by atoms with Gasteiger partial charge in [-0.05, 0) is 37.1 Å². The van der Waals surface area contributed by atoms with Gasteiger partial charge in [-0.3, -0.25) is 4.55 Å². The van der Waals surface area contributed by atoms with E-state index in [9.17, 15) is 13.0 Å². The molecule has 0 spiro atoms. The van der Waals surface area contributed by atoms with Crippen LogP contribution in [0.1, 0.15) is 65.2 Å². The van der Waals surface area contributed by atoms with Crippen molar-refractivity contribution in [3.63, 3.8) is 0 Å². The van der Waals surface area contributed by atoms with Crippen molar-refractivity contribution in [1.29, 1.82) is 0 Å². The van der Waals surface area contributed by atoms with E-state index in [0.717, 1.165) is 25.8 Å². The molecule has 2 unspecified atom stereocenters. The van der Waals surface area contributed by atoms with Crippen molar-refractivity contribution < 1.29 is 17.5 Å². The maximum atomic E-state index is 11.7. The van der Waals surface area contributed by atoms with Gasteiger partial charge in [-0.1, -0.05) is 26.7 Å². The van der Waals surface area contributed by atoms with Gasteiger partial charge >= 0.3 is 6.01 Å². The number of rotatable bonds is 7. The van der Waals surface area contributed by atoms with Gasteiger partial charge in [0.1, 0.15) is 11.9 Å². The van der Waals surface area contributed by atoms with Crippen LogP contribution < -0.4 is 0 Å². The summed E-state index contributed by atoms with van der Waals surface area (Å²) in [5.41, 5.74) is 0. The van der Waals surface area contributed by atoms with Gasteiger partial charge in [0.25, 0.3) is 10.1 Å². The molecule has 1 aliphatic heterocycles. The van der Waals surface area contributed by atoms with Crippen molar-refractivity contribution in [3.8, 4) is 0 Å². The molecule has 0 radical (unpaired) electrons. The Morgan fingerprint density at radius 2 is 1.96 bits per heavy atom. The third-order valence-electron chi connectivity index (χ3n) is 4.93. The van der Waals surface area contributed by atoms with E-state index in [-0.39, 0.29) is 6.17 Å². The third kappa shape index (κ3) is 4.86. The smallest absolute Gasteiger partial charge is 0.284 e. The fourth-order valence-corrected chi connectivity index (χ4v) is 4.71. The van der Waals surface area contributed by atoms with Crippen molar-refractivity contribution >= 4 is 16.1 Å². The Kier molecular flexibility index (Phi) is 6.77. The van der Waals surface area contributed by atoms with Crippen LogP contribution in [0.3, 0.4) is 0 Å². The molecule has 0 amide bonds. The molecule has 2 rings (SSSR count). The molecule has 0 aromatic heterocycles. The summed E-state index contributed by atoms with van der Waals surface area (Å²) >= 11 is 0. The third-order valence-corrected chi connectivity index (χ3v) is 6.12. The summed E-state index contributed by atoms with van der Waals surface area (Å²) in [6.45, 7) is 5.29. The van der Waals surface area contributed by atoms with Crippen LogP contribution in [0.5, 0.6) is 0 Å². The molecule has 2 aliphatic rings. The van der Waals surface area contributed by atoms with Crippen molar-refractivity contribution in [2.75, 3.05) is 13.1 Å². The zero-order chi connectivity index (χ0) is 16.9. The van der Waals surface area contributed by atoms with E-state index in [0.29, 0.717) is 25.4 Å². The van der Waals surface area contributed by atoms with Gasteiger partial charge in [0, 0.05) is 13.0 Å². The molecule has 2 fully saturated rings. The largest absolute Gasteiger partial charge is 0.308 e. The van der Waals surface area contributed by atoms with E-state index in [1.165, 1.54) is 19.3 Å². The number of hydrogen-bond acceptors (Lipinski definition) is 4. The van der Waals surface area contributed by atoms with Gasteiger partial charge < -0.3 is 0 Å². The molecule has 1 aliphatic carbocycles. The van der Waals surface area contributed by atoms with Gasteiger partial charge in [-0.15, -0.1) is 0 Å². The van der Waals surface area contributed by atoms with Crippen LogP contribution in [0.25, 0.3) is 0 Å². The average molecular weight is 345 g/mol. The Hall–Kier alpha value is -0.750. The van der Waals surface area contributed by atoms with Crippen LogP contribution in [0.4, 0.5) is 0 Å². The predicted octanol–water partition coefficient (Wildman–Crippen LogP) is 2.57. The minimum Gasteiger partial charge on any atom is -0.284 e. The first-order valence-corrected chi connectivity index (χ1v) is 10.4. The summed E-state index contributed by atoms with van der Waals surface area (Å²) in [7, 11) is -4.08. The minimum atomic E-state index is -4.08. The molecule has 132 valence electrons. The minimum absolute atomic E-state index is 0.0224. The first kappa shape index (κ1) is 18.6. The highest BCUT2D eigenvalue weighted by Crippen LogP contribution is 2.24. The molecule has 1 heterocycles. The Balaban J connectivity index is 2.12. The summed E-state index contributed by atoms with van der Waals surface area (Å²) in [4.78, 5) is 6.44. The highest BCUT2D eigenvalue weighted by molar-refractivity contribution is 7.86. The normalized spacial score (nSPS) is 24.2. The highest BCUT2D eigenvalue weighted by atomic mass is 32.2. The molecule has 1 saturated heterocycles. The van der Waals surface area contributed by atoms with Gasteiger partial charge in [0.15, 0.2) is 12.2 Å². The first-order valence-electron chi connectivity index (χ1n) is 8.91. The van der Waals surface area contributed by atoms with Crippen molar-refractivity contribution in [1.82, 2.24) is 4.90 Å². The molecule has 1 N–H and O–H groups in total. The van der Waals surface area contributed by atoms with Gasteiger partial charge in [-0.25, -0.2) is 9.48 Å². The molecule has 7 heteroatoms. The van der Waals surface area contributed by atoms with E-state index in [4.69, 9.17) is 0 Å². The van der Waals surface area contributed by atoms with Crippen LogP contribution in [0.15, 0.2) is 4.99 Å². The fourth-order valence-electron chi connectivity index (χ4n) is 3.54. The second kappa shape index (κ2) is 8.38. The molecule has 6 nitrogen and oxygen atoms in total. The van der Waals surface area contributed by atoms with Gasteiger partial charge in [0.2, 0.25) is 0 Å². The quantitative estimate of drug-likeness (QED) is 0.438. The zero-order valence-corrected chi connectivity index (χ0v) is 15.1. The van der Waals surface area contributed by atoms with Crippen LogP contribution >= 0.6 is 0 Å². The Bertz CT molecular complexity index is 549. The van der Waals surface area contributed by atoms with E-state index in [1.807, 2.05) is 23.3 Å². The molecular weight excluding hydrogens is 314 g/mol. The molecule has 0 aromatic rings. The van der Waals surface area contributed by atoms with E-state index < -0.39 is 15.5 Å². The molecule has 0 bridgehead atoms. The maximum absolute atomic E-state index is 11.7. The summed E-state index contributed by atoms with van der Waals surface area (Å²) in [5, 5.41) is -0.832. The van der Waals surface area contributed by atoms with E-state index in [2.05, 4.69) is 11.0 Å². The first-order chi connectivity index (χ1) is 11.0. The predicted molar refractivity (Wildman–Crippen MR) is 90.5 cm³/mol. The lowest BCUT2D eigenvalue weighted by molar-refractivity contribution is -0.646. The standard InChI is InChI=1S/C16H29N3O3S/c1-3-8-16(23(20,21)22)19(4-2)15-11-12-18(15)13-17-14-9-6-5-7-10-14/h14-16H,3-12H2,1-2H3/p+1. The fraction of sp³-hybridized carbons (Fsp3) is 0.938. The summed E-state index contributed by atoms with van der Waals surface area (Å²) in [6, 6.07) is 3.51. The molecule has 2 atom stereocenters. The molecule has 0 aromatic carbocycles. The van der Waals surface area contributed by atoms with Crippen molar-refractivity contribution in [2.45, 2.75) is 82.8 Å². The molecule has 1 saturated carbocycles. The summed E-state index contributed by atoms with van der Waals surface area (Å²) in [5.74, 6) is 0. The van der Waals surface area contributed by atoms with E-state index >= 15 is 0 Å². The summed E-state index contributed by atoms with van der Waals surface area (Å²) < 4.78 is 35.0. The van der Waals surface area contributed by atoms with Gasteiger partial charge in [-0.2, -0.15) is 8.42 Å². The topological polar surface area (TPSA) is 73.0 Å². The Morgan fingerprint density at radius 1 is 1.26 bits per heavy atom. The Labute approximate surface area is 140 Å². The monoisotopic (exact) mass is 344 g/mol. The summed E-state index contributed by atoms with van der Waals surface area (Å²) in [6.07, 6.45) is 8.06. The Morgan fingerprint density at radius 3 is 2.43 bits per heavy atom. The van der Waals surface area contributed by atoms with Crippen molar-refractivity contribution in [3.05, 3.63) is 0 Å². The van der Waals surface area contributed by atoms with Crippen LogP contribution in [0.2, 0.25) is 0 Å². The SMILES string of the molecule is CCCC(N(CC)C1CC[N+]1=C=NC1CCCCC1)S(=O)(=O)O. The second-order valence-electron chi connectivity index (χ2n) is 6.57. The van der Waals surface area contributed by atoms with E-state index in [1.54, 1.807) is 0 Å². The number of nitrogens with zero attached hydrogens (tertiary/aromatic N) is 3. The van der Waals surface area contributed by atoms with Crippen LogP contribution in [-0.4, -0.2) is 59.1 Å². The maximum Gasteiger partial charge on any atom is 0.308 e. The average Bonchev–Trinajstić information content (AvgIpc) is 2.49. The van der Waals surface area contributed by atoms with Crippen LogP contribution in [-0.2, 0) is 10.1 Å². The van der Waals surface area contributed by atoms with Gasteiger partial charge in [0.05, 0.1) is 0 Å². The lowest BCUT2D eigenvalue weighted by atomic mass is 9.96. The zero-order valence-electron chi connectivity index (χ0n) is 14.3. The number of aliphatic imine (C=N–C) groups is 1. The lowest BCUT2D eigenvalue weighted by Gasteiger charge is -2.38. The van der Waals surface area contributed by atoms with Crippen LogP contribution in [0, 0.1) is 0 Å².